The van der Waals surface area contributed by atoms with Gasteiger partial charge < -0.3 is 19.7 Å². The summed E-state index contributed by atoms with van der Waals surface area (Å²) in [5.41, 5.74) is 4.10. The molecule has 38 heavy (non-hydrogen) atoms. The Balaban J connectivity index is 1.92. The van der Waals surface area contributed by atoms with Gasteiger partial charge in [-0.25, -0.2) is 0 Å². The van der Waals surface area contributed by atoms with Gasteiger partial charge in [0.1, 0.15) is 6.04 Å². The van der Waals surface area contributed by atoms with Crippen LogP contribution in [0.1, 0.15) is 48.9 Å². The van der Waals surface area contributed by atoms with Crippen molar-refractivity contribution in [1.29, 1.82) is 0 Å². The van der Waals surface area contributed by atoms with Gasteiger partial charge >= 0.3 is 0 Å². The van der Waals surface area contributed by atoms with Gasteiger partial charge in [-0.1, -0.05) is 67.6 Å². The summed E-state index contributed by atoms with van der Waals surface area (Å²) < 4.78 is 10.8. The van der Waals surface area contributed by atoms with E-state index in [1.165, 1.54) is 0 Å². The molecule has 2 atom stereocenters. The third-order valence-corrected chi connectivity index (χ3v) is 6.95. The average molecular weight is 517 g/mol. The first-order valence-electron chi connectivity index (χ1n) is 13.2. The topological polar surface area (TPSA) is 67.9 Å². The lowest BCUT2D eigenvalue weighted by Gasteiger charge is -2.33. The number of carbonyl (C=O) groups excluding carboxylic acids is 2. The van der Waals surface area contributed by atoms with Crippen molar-refractivity contribution < 1.29 is 19.1 Å². The second-order valence-corrected chi connectivity index (χ2v) is 9.66. The molecular formula is C32H40N2O4. The number of ether oxygens (including phenoxy) is 2. The molecule has 6 nitrogen and oxygen atoms in total. The van der Waals surface area contributed by atoms with E-state index in [1.807, 2.05) is 93.6 Å². The van der Waals surface area contributed by atoms with Gasteiger partial charge in [0.05, 0.1) is 14.2 Å². The second-order valence-electron chi connectivity index (χ2n) is 9.66. The van der Waals surface area contributed by atoms with Crippen molar-refractivity contribution >= 4 is 11.8 Å². The van der Waals surface area contributed by atoms with Gasteiger partial charge in [-0.3, -0.25) is 9.59 Å². The van der Waals surface area contributed by atoms with Crippen LogP contribution in [0.5, 0.6) is 11.5 Å². The molecule has 0 aliphatic carbocycles. The molecule has 3 aromatic rings. The molecule has 202 valence electrons. The molecule has 0 aliphatic heterocycles. The predicted molar refractivity (Wildman–Crippen MR) is 151 cm³/mol. The Hall–Kier alpha value is -3.80. The summed E-state index contributed by atoms with van der Waals surface area (Å²) in [4.78, 5) is 29.3. The minimum atomic E-state index is -0.635. The van der Waals surface area contributed by atoms with Crippen molar-refractivity contribution in [3.05, 3.63) is 95.1 Å². The monoisotopic (exact) mass is 516 g/mol. The number of nitrogens with one attached hydrogen (secondary N) is 1. The molecule has 0 unspecified atom stereocenters. The number of hydrogen-bond acceptors (Lipinski definition) is 4. The molecule has 0 radical (unpaired) electrons. The number of aryl methyl sites for hydroxylation is 2. The van der Waals surface area contributed by atoms with Crippen LogP contribution in [-0.2, 0) is 29.0 Å². The summed E-state index contributed by atoms with van der Waals surface area (Å²) in [6, 6.07) is 23.0. The van der Waals surface area contributed by atoms with E-state index in [2.05, 4.69) is 5.32 Å². The lowest BCUT2D eigenvalue weighted by Crippen LogP contribution is -2.52. The summed E-state index contributed by atoms with van der Waals surface area (Å²) in [7, 11) is 3.20. The third-order valence-electron chi connectivity index (χ3n) is 6.95. The second kappa shape index (κ2) is 14.2. The maximum absolute atomic E-state index is 13.9. The molecule has 0 aromatic heterocycles. The lowest BCUT2D eigenvalue weighted by molar-refractivity contribution is -0.141. The highest BCUT2D eigenvalue weighted by molar-refractivity contribution is 5.88. The minimum Gasteiger partial charge on any atom is -0.493 e. The number of nitrogens with zero attached hydrogens (tertiary/aromatic N) is 1. The minimum absolute atomic E-state index is 0.0166. The van der Waals surface area contributed by atoms with Crippen LogP contribution in [0.2, 0.25) is 0 Å². The maximum Gasteiger partial charge on any atom is 0.243 e. The summed E-state index contributed by atoms with van der Waals surface area (Å²) in [5, 5.41) is 3.12. The van der Waals surface area contributed by atoms with Crippen LogP contribution < -0.4 is 14.8 Å². The summed E-state index contributed by atoms with van der Waals surface area (Å²) in [5.74, 6) is 1.08. The normalized spacial score (nSPS) is 12.3. The fourth-order valence-electron chi connectivity index (χ4n) is 4.40. The zero-order valence-electron chi connectivity index (χ0n) is 23.2. The van der Waals surface area contributed by atoms with E-state index >= 15 is 0 Å². The number of rotatable bonds is 13. The molecule has 0 fully saturated rings. The molecule has 0 bridgehead atoms. The number of benzene rings is 3. The maximum atomic E-state index is 13.9. The molecule has 6 heteroatoms. The van der Waals surface area contributed by atoms with Gasteiger partial charge in [-0.15, -0.1) is 0 Å². The van der Waals surface area contributed by atoms with Crippen molar-refractivity contribution in [2.24, 2.45) is 0 Å². The van der Waals surface area contributed by atoms with Gasteiger partial charge in [0.25, 0.3) is 0 Å². The van der Waals surface area contributed by atoms with Crippen LogP contribution in [0.4, 0.5) is 0 Å². The van der Waals surface area contributed by atoms with E-state index in [0.717, 1.165) is 28.7 Å². The predicted octanol–water partition coefficient (Wildman–Crippen LogP) is 5.50. The molecule has 0 heterocycles. The SMILES string of the molecule is CC[C@@H](C)NC(=O)[C@@H](Cc1ccccc1)N(Cc1ccccc1C)C(=O)CCc1ccc(OC)c(OC)c1. The van der Waals surface area contributed by atoms with E-state index in [1.54, 1.807) is 19.1 Å². The number of carbonyl (C=O) groups is 2. The molecule has 0 saturated heterocycles. The Morgan fingerprint density at radius 2 is 1.58 bits per heavy atom. The van der Waals surface area contributed by atoms with Gasteiger partial charge in [-0.2, -0.15) is 0 Å². The first-order chi connectivity index (χ1) is 18.4. The summed E-state index contributed by atoms with van der Waals surface area (Å²) in [6.07, 6.45) is 2.05. The molecule has 3 rings (SSSR count). The van der Waals surface area contributed by atoms with E-state index < -0.39 is 6.04 Å². The molecular weight excluding hydrogens is 476 g/mol. The Morgan fingerprint density at radius 1 is 0.895 bits per heavy atom. The smallest absolute Gasteiger partial charge is 0.243 e. The molecule has 0 saturated carbocycles. The lowest BCUT2D eigenvalue weighted by atomic mass is 10.00. The average Bonchev–Trinajstić information content (AvgIpc) is 2.94. The molecule has 1 N–H and O–H groups in total. The first kappa shape index (κ1) is 28.8. The van der Waals surface area contributed by atoms with Gasteiger partial charge in [0, 0.05) is 25.4 Å². The number of hydrogen-bond donors (Lipinski definition) is 1. The van der Waals surface area contributed by atoms with Crippen molar-refractivity contribution in [2.75, 3.05) is 14.2 Å². The fourth-order valence-corrected chi connectivity index (χ4v) is 4.40. The van der Waals surface area contributed by atoms with Crippen molar-refractivity contribution in [1.82, 2.24) is 10.2 Å². The van der Waals surface area contributed by atoms with Gasteiger partial charge in [0.15, 0.2) is 11.5 Å². The quantitative estimate of drug-likeness (QED) is 0.326. The zero-order chi connectivity index (χ0) is 27.5. The zero-order valence-corrected chi connectivity index (χ0v) is 23.2. The Labute approximate surface area is 227 Å². The molecule has 3 aromatic carbocycles. The van der Waals surface area contributed by atoms with E-state index in [0.29, 0.717) is 30.9 Å². The van der Waals surface area contributed by atoms with E-state index in [4.69, 9.17) is 9.47 Å². The summed E-state index contributed by atoms with van der Waals surface area (Å²) in [6.45, 7) is 6.43. The molecule has 0 aliphatic rings. The third kappa shape index (κ3) is 7.85. The fraction of sp³-hybridized carbons (Fsp3) is 0.375. The number of amides is 2. The van der Waals surface area contributed by atoms with Crippen LogP contribution in [0, 0.1) is 6.92 Å². The molecule has 2 amide bonds. The standard InChI is InChI=1S/C32H40N2O4/c1-6-24(3)33-32(36)28(20-25-13-8-7-9-14-25)34(22-27-15-11-10-12-23(27)2)31(35)19-17-26-16-18-29(37-4)30(21-26)38-5/h7-16,18,21,24,28H,6,17,19-20,22H2,1-5H3,(H,33,36)/t24-,28-/m1/s1. The first-order valence-corrected chi connectivity index (χ1v) is 13.2. The largest absolute Gasteiger partial charge is 0.493 e. The summed E-state index contributed by atoms with van der Waals surface area (Å²) >= 11 is 0. The van der Waals surface area contributed by atoms with Crippen LogP contribution >= 0.6 is 0 Å². The van der Waals surface area contributed by atoms with Crippen LogP contribution in [-0.4, -0.2) is 43.0 Å². The van der Waals surface area contributed by atoms with Crippen LogP contribution in [0.3, 0.4) is 0 Å². The van der Waals surface area contributed by atoms with Crippen LogP contribution in [0.25, 0.3) is 0 Å². The van der Waals surface area contributed by atoms with Gasteiger partial charge in [0.2, 0.25) is 11.8 Å². The highest BCUT2D eigenvalue weighted by Crippen LogP contribution is 2.28. The Kier molecular flexibility index (Phi) is 10.8. The Bertz CT molecular complexity index is 1200. The number of methoxy groups -OCH3 is 2. The van der Waals surface area contributed by atoms with E-state index in [9.17, 15) is 9.59 Å². The highest BCUT2D eigenvalue weighted by atomic mass is 16.5. The van der Waals surface area contributed by atoms with Gasteiger partial charge in [-0.05, 0) is 61.1 Å². The van der Waals surface area contributed by atoms with Crippen LogP contribution in [0.15, 0.2) is 72.8 Å². The van der Waals surface area contributed by atoms with Crippen molar-refractivity contribution in [3.63, 3.8) is 0 Å². The highest BCUT2D eigenvalue weighted by Gasteiger charge is 2.31. The van der Waals surface area contributed by atoms with Crippen molar-refractivity contribution in [2.45, 2.75) is 65.1 Å². The Morgan fingerprint density at radius 3 is 2.24 bits per heavy atom. The molecule has 0 spiro atoms. The van der Waals surface area contributed by atoms with E-state index in [-0.39, 0.29) is 24.3 Å². The van der Waals surface area contributed by atoms with Crippen molar-refractivity contribution in [3.8, 4) is 11.5 Å².